The molecule has 3 heterocycles. The number of hydrogen-bond donors (Lipinski definition) is 0. The van der Waals surface area contributed by atoms with Crippen LogP contribution in [-0.2, 0) is 16.6 Å². The number of benzene rings is 1. The molecule has 0 atom stereocenters. The van der Waals surface area contributed by atoms with Crippen molar-refractivity contribution >= 4 is 33.7 Å². The predicted molar refractivity (Wildman–Crippen MR) is 125 cm³/mol. The molecule has 0 spiro atoms. The van der Waals surface area contributed by atoms with Crippen LogP contribution in [0.1, 0.15) is 11.3 Å². The van der Waals surface area contributed by atoms with Gasteiger partial charge in [-0.25, -0.2) is 13.4 Å². The SMILES string of the molecule is O=[N+]([O-])c1ccc(/C=C/Sc2ccc(S(=O)(=O)N3CCN(Cc4ccccc4)CC3)cn2)o1. The highest BCUT2D eigenvalue weighted by Crippen LogP contribution is 2.23. The van der Waals surface area contributed by atoms with Gasteiger partial charge in [-0.3, -0.25) is 15.0 Å². The molecule has 172 valence electrons. The van der Waals surface area contributed by atoms with Gasteiger partial charge in [-0.2, -0.15) is 4.31 Å². The molecule has 9 nitrogen and oxygen atoms in total. The molecule has 11 heteroatoms. The molecule has 0 amide bonds. The van der Waals surface area contributed by atoms with Crippen LogP contribution in [-0.4, -0.2) is 53.7 Å². The molecule has 0 radical (unpaired) electrons. The highest BCUT2D eigenvalue weighted by molar-refractivity contribution is 8.02. The molecule has 0 N–H and O–H groups in total. The van der Waals surface area contributed by atoms with Crippen molar-refractivity contribution in [3.8, 4) is 0 Å². The Labute approximate surface area is 195 Å². The Hall–Kier alpha value is -2.99. The summed E-state index contributed by atoms with van der Waals surface area (Å²) in [7, 11) is -3.61. The summed E-state index contributed by atoms with van der Waals surface area (Å²) in [6.07, 6.45) is 2.94. The summed E-state index contributed by atoms with van der Waals surface area (Å²) in [6, 6.07) is 16.1. The Morgan fingerprint density at radius 1 is 1.06 bits per heavy atom. The number of sulfonamides is 1. The van der Waals surface area contributed by atoms with E-state index in [2.05, 4.69) is 22.0 Å². The van der Waals surface area contributed by atoms with E-state index in [0.29, 0.717) is 37.0 Å². The van der Waals surface area contributed by atoms with Gasteiger partial charge in [-0.15, -0.1) is 0 Å². The lowest BCUT2D eigenvalue weighted by Gasteiger charge is -2.33. The Morgan fingerprint density at radius 3 is 2.45 bits per heavy atom. The van der Waals surface area contributed by atoms with E-state index in [1.54, 1.807) is 23.6 Å². The van der Waals surface area contributed by atoms with E-state index < -0.39 is 14.9 Å². The summed E-state index contributed by atoms with van der Waals surface area (Å²) in [5.41, 5.74) is 1.21. The minimum atomic E-state index is -3.61. The van der Waals surface area contributed by atoms with Crippen molar-refractivity contribution in [1.29, 1.82) is 0 Å². The Morgan fingerprint density at radius 2 is 1.82 bits per heavy atom. The van der Waals surface area contributed by atoms with Gasteiger partial charge >= 0.3 is 5.88 Å². The van der Waals surface area contributed by atoms with Crippen molar-refractivity contribution in [2.75, 3.05) is 26.2 Å². The normalized spacial score (nSPS) is 15.8. The van der Waals surface area contributed by atoms with Crippen molar-refractivity contribution in [3.05, 3.63) is 87.6 Å². The monoisotopic (exact) mass is 486 g/mol. The third-order valence-corrected chi connectivity index (χ3v) is 7.78. The molecular weight excluding hydrogens is 464 g/mol. The first-order valence-electron chi connectivity index (χ1n) is 10.2. The lowest BCUT2D eigenvalue weighted by molar-refractivity contribution is -0.402. The van der Waals surface area contributed by atoms with Crippen molar-refractivity contribution < 1.29 is 17.8 Å². The van der Waals surface area contributed by atoms with Crippen LogP contribution in [0.5, 0.6) is 0 Å². The van der Waals surface area contributed by atoms with E-state index in [-0.39, 0.29) is 10.8 Å². The number of pyridine rings is 1. The molecule has 0 saturated carbocycles. The number of piperazine rings is 1. The van der Waals surface area contributed by atoms with Crippen molar-refractivity contribution in [2.45, 2.75) is 16.5 Å². The topological polar surface area (TPSA) is 110 Å². The molecule has 4 rings (SSSR count). The van der Waals surface area contributed by atoms with Crippen LogP contribution in [0, 0.1) is 10.1 Å². The summed E-state index contributed by atoms with van der Waals surface area (Å²) in [6.45, 7) is 3.02. The van der Waals surface area contributed by atoms with E-state index in [1.165, 1.54) is 40.0 Å². The first kappa shape index (κ1) is 23.2. The van der Waals surface area contributed by atoms with Crippen LogP contribution in [0.3, 0.4) is 0 Å². The fourth-order valence-corrected chi connectivity index (χ4v) is 5.38. The van der Waals surface area contributed by atoms with Crippen molar-refractivity contribution in [1.82, 2.24) is 14.2 Å². The van der Waals surface area contributed by atoms with Gasteiger partial charge in [0.15, 0.2) is 0 Å². The van der Waals surface area contributed by atoms with Gasteiger partial charge in [0.2, 0.25) is 10.0 Å². The van der Waals surface area contributed by atoms with E-state index >= 15 is 0 Å². The largest absolute Gasteiger partial charge is 0.433 e. The molecule has 1 aliphatic rings. The fraction of sp³-hybridized carbons (Fsp3) is 0.227. The van der Waals surface area contributed by atoms with Crippen LogP contribution >= 0.6 is 11.8 Å². The van der Waals surface area contributed by atoms with Crippen LogP contribution in [0.15, 0.2) is 80.5 Å². The minimum absolute atomic E-state index is 0.161. The number of rotatable bonds is 8. The van der Waals surface area contributed by atoms with Gasteiger partial charge in [0.1, 0.15) is 20.6 Å². The molecule has 1 aliphatic heterocycles. The van der Waals surface area contributed by atoms with E-state index in [1.807, 2.05) is 18.2 Å². The minimum Gasteiger partial charge on any atom is -0.401 e. The standard InChI is InChI=1S/C22H22N4O5S2/c27-26(28)22-9-6-19(31-22)10-15-32-21-8-7-20(16-23-21)33(29,30)25-13-11-24(12-14-25)17-18-4-2-1-3-5-18/h1-10,15-16H,11-14,17H2/b15-10+. The molecule has 0 aliphatic carbocycles. The Balaban J connectivity index is 1.32. The van der Waals surface area contributed by atoms with Crippen LogP contribution in [0.2, 0.25) is 0 Å². The maximum absolute atomic E-state index is 13.0. The summed E-state index contributed by atoms with van der Waals surface area (Å²) in [5, 5.41) is 12.9. The molecule has 3 aromatic rings. The highest BCUT2D eigenvalue weighted by Gasteiger charge is 2.28. The number of nitrogens with zero attached hydrogens (tertiary/aromatic N) is 4. The fourth-order valence-electron chi connectivity index (χ4n) is 3.41. The number of thioether (sulfide) groups is 1. The summed E-state index contributed by atoms with van der Waals surface area (Å²) in [5.74, 6) is 0.0213. The smallest absolute Gasteiger partial charge is 0.401 e. The molecule has 1 fully saturated rings. The zero-order chi connectivity index (χ0) is 23.3. The quantitative estimate of drug-likeness (QED) is 0.268. The Bertz CT molecular complexity index is 1220. The van der Waals surface area contributed by atoms with Crippen LogP contribution in [0.4, 0.5) is 5.88 Å². The maximum Gasteiger partial charge on any atom is 0.433 e. The Kier molecular flexibility index (Phi) is 7.23. The third-order valence-electron chi connectivity index (χ3n) is 5.14. The number of hydrogen-bond acceptors (Lipinski definition) is 8. The predicted octanol–water partition coefficient (Wildman–Crippen LogP) is 3.85. The first-order valence-corrected chi connectivity index (χ1v) is 12.5. The molecule has 2 aromatic heterocycles. The second kappa shape index (κ2) is 10.3. The van der Waals surface area contributed by atoms with E-state index in [0.717, 1.165) is 6.54 Å². The average molecular weight is 487 g/mol. The summed E-state index contributed by atoms with van der Waals surface area (Å²) < 4.78 is 32.5. The lowest BCUT2D eigenvalue weighted by Crippen LogP contribution is -2.48. The molecule has 1 saturated heterocycles. The van der Waals surface area contributed by atoms with Crippen LogP contribution < -0.4 is 0 Å². The van der Waals surface area contributed by atoms with E-state index in [9.17, 15) is 18.5 Å². The highest BCUT2D eigenvalue weighted by atomic mass is 32.2. The lowest BCUT2D eigenvalue weighted by atomic mass is 10.2. The zero-order valence-electron chi connectivity index (χ0n) is 17.6. The van der Waals surface area contributed by atoms with Gasteiger partial charge in [0.05, 0.1) is 6.07 Å². The molecule has 33 heavy (non-hydrogen) atoms. The summed E-state index contributed by atoms with van der Waals surface area (Å²) in [4.78, 5) is 16.7. The van der Waals surface area contributed by atoms with Crippen molar-refractivity contribution in [3.63, 3.8) is 0 Å². The maximum atomic E-state index is 13.0. The van der Waals surface area contributed by atoms with Gasteiger partial charge < -0.3 is 4.42 Å². The first-order chi connectivity index (χ1) is 15.9. The number of furan rings is 1. The number of aromatic nitrogens is 1. The van der Waals surface area contributed by atoms with Gasteiger partial charge in [0, 0.05) is 38.9 Å². The molecular formula is C22H22N4O5S2. The van der Waals surface area contributed by atoms with E-state index in [4.69, 9.17) is 4.42 Å². The average Bonchev–Trinajstić information content (AvgIpc) is 3.30. The van der Waals surface area contributed by atoms with Crippen molar-refractivity contribution in [2.24, 2.45) is 0 Å². The zero-order valence-corrected chi connectivity index (χ0v) is 19.2. The molecule has 0 bridgehead atoms. The second-order valence-electron chi connectivity index (χ2n) is 7.35. The van der Waals surface area contributed by atoms with Gasteiger partial charge in [0.25, 0.3) is 0 Å². The molecule has 0 unspecified atom stereocenters. The van der Waals surface area contributed by atoms with Gasteiger partial charge in [-0.05, 0) is 35.2 Å². The number of nitro groups is 1. The molecule has 1 aromatic carbocycles. The summed E-state index contributed by atoms with van der Waals surface area (Å²) >= 11 is 1.25. The van der Waals surface area contributed by atoms with Gasteiger partial charge in [-0.1, -0.05) is 42.1 Å². The van der Waals surface area contributed by atoms with Crippen LogP contribution in [0.25, 0.3) is 6.08 Å². The third kappa shape index (κ3) is 5.88. The second-order valence-corrected chi connectivity index (χ2v) is 10.2.